The van der Waals surface area contributed by atoms with Gasteiger partial charge in [0.2, 0.25) is 5.91 Å². The van der Waals surface area contributed by atoms with E-state index in [1.807, 2.05) is 31.0 Å². The molecule has 0 bridgehead atoms. The lowest BCUT2D eigenvalue weighted by Gasteiger charge is -2.29. The van der Waals surface area contributed by atoms with Crippen LogP contribution in [0, 0.1) is 12.8 Å². The molecule has 21 heavy (non-hydrogen) atoms. The van der Waals surface area contributed by atoms with Crippen molar-refractivity contribution in [2.45, 2.75) is 45.2 Å². The monoisotopic (exact) mass is 290 g/mol. The fraction of sp³-hybridized carbons (Fsp3) is 0.588. The first-order chi connectivity index (χ1) is 10.0. The number of hydrogen-bond acceptors (Lipinski definition) is 3. The van der Waals surface area contributed by atoms with Gasteiger partial charge in [0.25, 0.3) is 0 Å². The molecule has 0 heterocycles. The van der Waals surface area contributed by atoms with Gasteiger partial charge in [-0.3, -0.25) is 4.79 Å². The van der Waals surface area contributed by atoms with Crippen molar-refractivity contribution in [1.29, 1.82) is 0 Å². The summed E-state index contributed by atoms with van der Waals surface area (Å²) in [7, 11) is 3.55. The number of carbonyl (C=O) groups excluding carboxylic acids is 1. The van der Waals surface area contributed by atoms with Gasteiger partial charge in [-0.25, -0.2) is 0 Å². The number of nitrogens with two attached hydrogens (primary N) is 1. The van der Waals surface area contributed by atoms with Crippen LogP contribution in [0.15, 0.2) is 18.2 Å². The van der Waals surface area contributed by atoms with Crippen LogP contribution in [0.5, 0.6) is 5.75 Å². The molecule has 1 aromatic carbocycles. The van der Waals surface area contributed by atoms with Gasteiger partial charge in [-0.05, 0) is 43.4 Å². The number of nitrogens with zero attached hydrogens (tertiary/aromatic N) is 1. The summed E-state index contributed by atoms with van der Waals surface area (Å²) in [4.78, 5) is 14.3. The highest BCUT2D eigenvalue weighted by molar-refractivity contribution is 5.78. The van der Waals surface area contributed by atoms with Gasteiger partial charge in [0.1, 0.15) is 5.75 Å². The number of methoxy groups -OCH3 is 1. The van der Waals surface area contributed by atoms with Crippen LogP contribution in [0.2, 0.25) is 0 Å². The predicted octanol–water partition coefficient (Wildman–Crippen LogP) is 2.48. The number of benzene rings is 1. The molecule has 0 aromatic heterocycles. The lowest BCUT2D eigenvalue weighted by Crippen LogP contribution is -2.38. The minimum absolute atomic E-state index is 0.0955. The van der Waals surface area contributed by atoms with E-state index in [0.717, 1.165) is 42.6 Å². The van der Waals surface area contributed by atoms with Gasteiger partial charge in [0.05, 0.1) is 7.11 Å². The SMILES string of the molecule is COc1ccc(CN(C)C(=O)[C@@H]2CCC[C@H](N)C2)cc1C. The van der Waals surface area contributed by atoms with Gasteiger partial charge in [-0.2, -0.15) is 0 Å². The molecule has 2 N–H and O–H groups in total. The van der Waals surface area contributed by atoms with E-state index in [-0.39, 0.29) is 17.9 Å². The van der Waals surface area contributed by atoms with E-state index in [2.05, 4.69) is 6.07 Å². The van der Waals surface area contributed by atoms with Crippen LogP contribution in [0.1, 0.15) is 36.8 Å². The molecule has 0 spiro atoms. The van der Waals surface area contributed by atoms with Gasteiger partial charge in [0.15, 0.2) is 0 Å². The van der Waals surface area contributed by atoms with E-state index in [9.17, 15) is 4.79 Å². The largest absolute Gasteiger partial charge is 0.496 e. The molecule has 116 valence electrons. The van der Waals surface area contributed by atoms with Crippen LogP contribution in [-0.4, -0.2) is 31.0 Å². The first-order valence-corrected chi connectivity index (χ1v) is 7.65. The van der Waals surface area contributed by atoms with Crippen molar-refractivity contribution in [3.8, 4) is 5.75 Å². The van der Waals surface area contributed by atoms with Crippen molar-refractivity contribution in [3.05, 3.63) is 29.3 Å². The van der Waals surface area contributed by atoms with E-state index in [0.29, 0.717) is 6.54 Å². The maximum Gasteiger partial charge on any atom is 0.225 e. The third-order valence-electron chi connectivity index (χ3n) is 4.32. The van der Waals surface area contributed by atoms with Gasteiger partial charge in [0, 0.05) is 25.6 Å². The summed E-state index contributed by atoms with van der Waals surface area (Å²) in [6, 6.07) is 6.24. The molecule has 4 nitrogen and oxygen atoms in total. The molecule has 1 fully saturated rings. The Balaban J connectivity index is 1.98. The van der Waals surface area contributed by atoms with Gasteiger partial charge in [-0.15, -0.1) is 0 Å². The standard InChI is InChI=1S/C17H26N2O2/c1-12-9-13(7-8-16(12)21-3)11-19(2)17(20)14-5-4-6-15(18)10-14/h7-9,14-15H,4-6,10-11,18H2,1-3H3/t14-,15+/m1/s1. The van der Waals surface area contributed by atoms with Crippen molar-refractivity contribution >= 4 is 5.91 Å². The van der Waals surface area contributed by atoms with Gasteiger partial charge >= 0.3 is 0 Å². The Hall–Kier alpha value is -1.55. The molecule has 2 atom stereocenters. The average molecular weight is 290 g/mol. The molecule has 1 aromatic rings. The van der Waals surface area contributed by atoms with Gasteiger partial charge < -0.3 is 15.4 Å². The molecule has 0 aliphatic heterocycles. The lowest BCUT2D eigenvalue weighted by molar-refractivity contribution is -0.135. The van der Waals surface area contributed by atoms with E-state index in [1.54, 1.807) is 7.11 Å². The smallest absolute Gasteiger partial charge is 0.225 e. The summed E-state index contributed by atoms with van der Waals surface area (Å²) >= 11 is 0. The summed E-state index contributed by atoms with van der Waals surface area (Å²) in [5.41, 5.74) is 8.20. The van der Waals surface area contributed by atoms with Crippen LogP contribution in [0.3, 0.4) is 0 Å². The Morgan fingerprint density at radius 1 is 1.43 bits per heavy atom. The van der Waals surface area contributed by atoms with E-state index in [4.69, 9.17) is 10.5 Å². The summed E-state index contributed by atoms with van der Waals surface area (Å²) in [6.45, 7) is 2.65. The van der Waals surface area contributed by atoms with Gasteiger partial charge in [-0.1, -0.05) is 18.6 Å². The van der Waals surface area contributed by atoms with Crippen LogP contribution >= 0.6 is 0 Å². The van der Waals surface area contributed by atoms with Crippen LogP contribution in [-0.2, 0) is 11.3 Å². The van der Waals surface area contributed by atoms with Crippen molar-refractivity contribution < 1.29 is 9.53 Å². The fourth-order valence-electron chi connectivity index (χ4n) is 3.15. The zero-order valence-electron chi connectivity index (χ0n) is 13.3. The first kappa shape index (κ1) is 15.8. The molecular weight excluding hydrogens is 264 g/mol. The fourth-order valence-corrected chi connectivity index (χ4v) is 3.15. The third kappa shape index (κ3) is 3.97. The Morgan fingerprint density at radius 3 is 2.81 bits per heavy atom. The second kappa shape index (κ2) is 6.94. The molecular formula is C17H26N2O2. The van der Waals surface area contributed by atoms with E-state index < -0.39 is 0 Å². The average Bonchev–Trinajstić information content (AvgIpc) is 2.46. The maximum absolute atomic E-state index is 12.5. The molecule has 1 saturated carbocycles. The predicted molar refractivity (Wildman–Crippen MR) is 84.1 cm³/mol. The van der Waals surface area contributed by atoms with E-state index >= 15 is 0 Å². The summed E-state index contributed by atoms with van der Waals surface area (Å²) in [6.07, 6.45) is 3.90. The number of carbonyl (C=O) groups is 1. The minimum Gasteiger partial charge on any atom is -0.496 e. The lowest BCUT2D eigenvalue weighted by atomic mass is 9.85. The highest BCUT2D eigenvalue weighted by Crippen LogP contribution is 2.25. The molecule has 1 aliphatic carbocycles. The normalized spacial score (nSPS) is 21.9. The zero-order chi connectivity index (χ0) is 15.4. The number of ether oxygens (including phenoxy) is 1. The minimum atomic E-state index is 0.0955. The van der Waals surface area contributed by atoms with Crippen LogP contribution in [0.4, 0.5) is 0 Å². The Kier molecular flexibility index (Phi) is 5.23. The first-order valence-electron chi connectivity index (χ1n) is 7.65. The molecule has 4 heteroatoms. The number of hydrogen-bond donors (Lipinski definition) is 1. The molecule has 1 amide bonds. The summed E-state index contributed by atoms with van der Waals surface area (Å²) < 4.78 is 5.26. The Labute approximate surface area is 127 Å². The number of rotatable bonds is 4. The summed E-state index contributed by atoms with van der Waals surface area (Å²) in [5, 5.41) is 0. The second-order valence-corrected chi connectivity index (χ2v) is 6.12. The van der Waals surface area contributed by atoms with Crippen LogP contribution < -0.4 is 10.5 Å². The molecule has 0 radical (unpaired) electrons. The topological polar surface area (TPSA) is 55.6 Å². The highest BCUT2D eigenvalue weighted by Gasteiger charge is 2.27. The molecule has 0 unspecified atom stereocenters. The van der Waals surface area contributed by atoms with Crippen molar-refractivity contribution in [2.75, 3.05) is 14.2 Å². The number of aryl methyl sites for hydroxylation is 1. The molecule has 0 saturated heterocycles. The van der Waals surface area contributed by atoms with Crippen LogP contribution in [0.25, 0.3) is 0 Å². The molecule has 1 aliphatic rings. The van der Waals surface area contributed by atoms with Crippen molar-refractivity contribution in [2.24, 2.45) is 11.7 Å². The maximum atomic E-state index is 12.5. The second-order valence-electron chi connectivity index (χ2n) is 6.12. The Morgan fingerprint density at radius 2 is 2.19 bits per heavy atom. The molecule has 2 rings (SSSR count). The zero-order valence-corrected chi connectivity index (χ0v) is 13.3. The Bertz CT molecular complexity index is 502. The van der Waals surface area contributed by atoms with E-state index in [1.165, 1.54) is 0 Å². The quantitative estimate of drug-likeness (QED) is 0.927. The highest BCUT2D eigenvalue weighted by atomic mass is 16.5. The number of amides is 1. The van der Waals surface area contributed by atoms with Crippen molar-refractivity contribution in [1.82, 2.24) is 4.90 Å². The summed E-state index contributed by atoms with van der Waals surface area (Å²) in [5.74, 6) is 1.20. The van der Waals surface area contributed by atoms with Crippen molar-refractivity contribution in [3.63, 3.8) is 0 Å². The third-order valence-corrected chi connectivity index (χ3v) is 4.32.